The first-order valence-electron chi connectivity index (χ1n) is 19.1. The molecule has 0 N–H and O–H groups in total. The van der Waals surface area contributed by atoms with Crippen LogP contribution in [0.2, 0.25) is 0 Å². The largest absolute Gasteiger partial charge is 0.103 e. The van der Waals surface area contributed by atoms with Gasteiger partial charge in [-0.15, -0.1) is 6.58 Å². The number of fused-ring (bicyclic) bond motifs is 3. The van der Waals surface area contributed by atoms with Gasteiger partial charge in [0.1, 0.15) is 0 Å². The summed E-state index contributed by atoms with van der Waals surface area (Å²) < 4.78 is 0. The number of allylic oxidation sites excluding steroid dienone is 1. The highest BCUT2D eigenvalue weighted by Gasteiger charge is 2.64. The molecule has 0 aromatic rings. The first-order valence-corrected chi connectivity index (χ1v) is 19.1. The van der Waals surface area contributed by atoms with Crippen LogP contribution in [0.15, 0.2) is 12.7 Å². The molecule has 7 aliphatic carbocycles. The zero-order valence-electron chi connectivity index (χ0n) is 27.0. The summed E-state index contributed by atoms with van der Waals surface area (Å²) >= 11 is 0. The molecule has 0 aromatic carbocycles. The highest BCUT2D eigenvalue weighted by atomic mass is 14.7. The van der Waals surface area contributed by atoms with Gasteiger partial charge in [-0.2, -0.15) is 0 Å². The van der Waals surface area contributed by atoms with Gasteiger partial charge in [0.2, 0.25) is 0 Å². The normalized spacial score (nSPS) is 45.7. The zero-order valence-corrected chi connectivity index (χ0v) is 27.0. The molecule has 7 saturated carbocycles. The zero-order chi connectivity index (χ0) is 27.4. The Labute approximate surface area is 249 Å². The summed E-state index contributed by atoms with van der Waals surface area (Å²) in [6, 6.07) is 0. The van der Waals surface area contributed by atoms with Gasteiger partial charge in [0.05, 0.1) is 0 Å². The second-order valence-corrected chi connectivity index (χ2v) is 18.0. The molecule has 0 spiro atoms. The van der Waals surface area contributed by atoms with Crippen molar-refractivity contribution >= 4 is 0 Å². The fourth-order valence-electron chi connectivity index (χ4n) is 14.1. The minimum Gasteiger partial charge on any atom is -0.103 e. The second-order valence-electron chi connectivity index (χ2n) is 18.0. The summed E-state index contributed by atoms with van der Waals surface area (Å²) in [5.74, 6) is 9.67. The monoisotopic (exact) mass is 547 g/mol. The molecule has 40 heavy (non-hydrogen) atoms. The molecule has 0 amide bonds. The van der Waals surface area contributed by atoms with Crippen LogP contribution in [0.25, 0.3) is 0 Å². The summed E-state index contributed by atoms with van der Waals surface area (Å²) in [7, 11) is 0. The summed E-state index contributed by atoms with van der Waals surface area (Å²) in [6.45, 7) is 9.59. The molecule has 7 aliphatic rings. The molecule has 226 valence electrons. The average molecular weight is 547 g/mol. The molecule has 8 unspecified atom stereocenters. The second kappa shape index (κ2) is 11.3. The van der Waals surface area contributed by atoms with E-state index in [1.807, 2.05) is 0 Å². The average Bonchev–Trinajstić information content (AvgIpc) is 3.55. The Balaban J connectivity index is 1.19. The standard InChI is InChI=1S/C40H66/c1-4-5-13-29-14-15-32(26-29)40(24-12-25-40)37-35-27-30(38(2)20-8-6-9-21-38)16-18-33(35)34-19-17-31(28-36(34)37)39(3)22-10-7-11-23-39/h4,29-37H,1,5-28H2,2-3H3. The third kappa shape index (κ3) is 4.83. The molecular formula is C40H66. The molecule has 8 atom stereocenters. The van der Waals surface area contributed by atoms with Gasteiger partial charge in [0.15, 0.2) is 0 Å². The summed E-state index contributed by atoms with van der Waals surface area (Å²) in [6.07, 6.45) is 39.4. The molecule has 0 heteroatoms. The fraction of sp³-hybridized carbons (Fsp3) is 0.950. The van der Waals surface area contributed by atoms with Crippen molar-refractivity contribution in [1.82, 2.24) is 0 Å². The van der Waals surface area contributed by atoms with Crippen LogP contribution in [-0.2, 0) is 0 Å². The van der Waals surface area contributed by atoms with Gasteiger partial charge in [-0.25, -0.2) is 0 Å². The molecule has 0 aromatic heterocycles. The third-order valence-electron chi connectivity index (χ3n) is 16.4. The summed E-state index contributed by atoms with van der Waals surface area (Å²) in [5.41, 5.74) is 2.10. The van der Waals surface area contributed by atoms with Gasteiger partial charge in [-0.3, -0.25) is 0 Å². The highest BCUT2D eigenvalue weighted by Crippen LogP contribution is 2.72. The van der Waals surface area contributed by atoms with Crippen molar-refractivity contribution in [3.8, 4) is 0 Å². The lowest BCUT2D eigenvalue weighted by Gasteiger charge is -2.58. The molecule has 0 saturated heterocycles. The van der Waals surface area contributed by atoms with Crippen LogP contribution in [0.3, 0.4) is 0 Å². The maximum Gasteiger partial charge on any atom is -0.0235 e. The van der Waals surface area contributed by atoms with Gasteiger partial charge in [-0.1, -0.05) is 71.3 Å². The van der Waals surface area contributed by atoms with E-state index in [0.717, 1.165) is 58.7 Å². The van der Waals surface area contributed by atoms with E-state index >= 15 is 0 Å². The molecular weight excluding hydrogens is 480 g/mol. The van der Waals surface area contributed by atoms with Crippen molar-refractivity contribution in [2.45, 2.75) is 168 Å². The van der Waals surface area contributed by atoms with Gasteiger partial charge >= 0.3 is 0 Å². The van der Waals surface area contributed by atoms with Gasteiger partial charge in [-0.05, 0) is 172 Å². The lowest BCUT2D eigenvalue weighted by molar-refractivity contribution is -0.0842. The molecule has 0 aliphatic heterocycles. The maximum atomic E-state index is 4.07. The molecule has 7 fully saturated rings. The minimum absolute atomic E-state index is 0.676. The van der Waals surface area contributed by atoms with Crippen molar-refractivity contribution < 1.29 is 0 Å². The van der Waals surface area contributed by atoms with Gasteiger partial charge < -0.3 is 0 Å². The van der Waals surface area contributed by atoms with Crippen molar-refractivity contribution in [3.63, 3.8) is 0 Å². The van der Waals surface area contributed by atoms with Crippen LogP contribution in [0, 0.1) is 69.5 Å². The number of hydrogen-bond acceptors (Lipinski definition) is 0. The van der Waals surface area contributed by atoms with E-state index < -0.39 is 0 Å². The Bertz CT molecular complexity index is 816. The van der Waals surface area contributed by atoms with Crippen LogP contribution < -0.4 is 0 Å². The maximum absolute atomic E-state index is 4.07. The highest BCUT2D eigenvalue weighted by molar-refractivity contribution is 5.13. The Morgan fingerprint density at radius 3 is 1.55 bits per heavy atom. The summed E-state index contributed by atoms with van der Waals surface area (Å²) in [5, 5.41) is 0. The van der Waals surface area contributed by atoms with E-state index in [1.165, 1.54) is 57.8 Å². The quantitative estimate of drug-likeness (QED) is 0.278. The Kier molecular flexibility index (Phi) is 8.09. The summed E-state index contributed by atoms with van der Waals surface area (Å²) in [4.78, 5) is 0. The van der Waals surface area contributed by atoms with Gasteiger partial charge in [0.25, 0.3) is 0 Å². The van der Waals surface area contributed by atoms with Crippen molar-refractivity contribution in [3.05, 3.63) is 12.7 Å². The van der Waals surface area contributed by atoms with Gasteiger partial charge in [0, 0.05) is 0 Å². The third-order valence-corrected chi connectivity index (χ3v) is 16.4. The Morgan fingerprint density at radius 1 is 0.550 bits per heavy atom. The molecule has 7 rings (SSSR count). The fourth-order valence-corrected chi connectivity index (χ4v) is 14.1. The first-order chi connectivity index (χ1) is 19.5. The number of hydrogen-bond donors (Lipinski definition) is 0. The SMILES string of the molecule is C=CCCC1CCC(C2(C3C4CC(C5(C)CCCCC5)CCC4C4CCC(C5(C)CCCCC5)CC43)CCC2)C1. The minimum atomic E-state index is 0.676. The van der Waals surface area contributed by atoms with Crippen LogP contribution in [0.4, 0.5) is 0 Å². The van der Waals surface area contributed by atoms with E-state index in [-0.39, 0.29) is 0 Å². The Morgan fingerprint density at radius 2 is 1.07 bits per heavy atom. The van der Waals surface area contributed by atoms with Crippen molar-refractivity contribution in [2.75, 3.05) is 0 Å². The van der Waals surface area contributed by atoms with Crippen molar-refractivity contribution in [2.24, 2.45) is 69.5 Å². The van der Waals surface area contributed by atoms with E-state index in [4.69, 9.17) is 0 Å². The topological polar surface area (TPSA) is 0 Å². The van der Waals surface area contributed by atoms with Crippen LogP contribution >= 0.6 is 0 Å². The van der Waals surface area contributed by atoms with Crippen LogP contribution in [0.5, 0.6) is 0 Å². The van der Waals surface area contributed by atoms with E-state index in [9.17, 15) is 0 Å². The van der Waals surface area contributed by atoms with E-state index in [2.05, 4.69) is 26.5 Å². The predicted molar refractivity (Wildman–Crippen MR) is 171 cm³/mol. The number of rotatable bonds is 7. The molecule has 0 radical (unpaired) electrons. The lowest BCUT2D eigenvalue weighted by atomic mass is 9.47. The van der Waals surface area contributed by atoms with E-state index in [0.29, 0.717) is 10.8 Å². The Hall–Kier alpha value is -0.260. The first kappa shape index (κ1) is 28.5. The molecule has 0 heterocycles. The van der Waals surface area contributed by atoms with Crippen LogP contribution in [0.1, 0.15) is 168 Å². The van der Waals surface area contributed by atoms with Crippen LogP contribution in [-0.4, -0.2) is 0 Å². The molecule has 0 nitrogen and oxygen atoms in total. The molecule has 0 bridgehead atoms. The van der Waals surface area contributed by atoms with E-state index in [1.54, 1.807) is 96.3 Å². The van der Waals surface area contributed by atoms with Crippen molar-refractivity contribution in [1.29, 1.82) is 0 Å². The predicted octanol–water partition coefficient (Wildman–Crippen LogP) is 12.2. The lowest BCUT2D eigenvalue weighted by Crippen LogP contribution is -2.49. The smallest absolute Gasteiger partial charge is 0.0235 e.